The van der Waals surface area contributed by atoms with Crippen LogP contribution in [0.4, 0.5) is 0 Å². The highest BCUT2D eigenvalue weighted by Crippen LogP contribution is 2.09. The first kappa shape index (κ1) is 35.9. The molecule has 0 aliphatic rings. The van der Waals surface area contributed by atoms with Crippen molar-refractivity contribution < 1.29 is 24.3 Å². The van der Waals surface area contributed by atoms with Crippen molar-refractivity contribution >= 4 is 41.9 Å². The minimum atomic E-state index is -1.23. The number of aromatic nitrogens is 2. The normalized spacial score (nSPS) is 13.6. The minimum Gasteiger partial charge on any atom is -0.480 e. The Hall–Kier alpha value is -4.28. The monoisotopic (exact) mass is 632 g/mol. The van der Waals surface area contributed by atoms with Gasteiger partial charge in [0.2, 0.25) is 17.7 Å². The lowest BCUT2D eigenvalue weighted by Gasteiger charge is -2.25. The van der Waals surface area contributed by atoms with Gasteiger partial charge in [0, 0.05) is 38.3 Å². The molecule has 2 rings (SSSR count). The lowest BCUT2D eigenvalue weighted by atomic mass is 10.0. The Morgan fingerprint density at radius 2 is 1.59 bits per heavy atom. The number of guanidine groups is 1. The second-order valence-electron chi connectivity index (χ2n) is 10.5. The molecule has 0 saturated heterocycles. The number of rotatable bonds is 19. The molecule has 13 N–H and O–H groups in total. The Morgan fingerprint density at radius 1 is 0.955 bits per heavy atom. The number of aromatic amines is 1. The Morgan fingerprint density at radius 3 is 2.18 bits per heavy atom. The fraction of sp³-hybridized carbons (Fsp3) is 0.500. The molecule has 4 atom stereocenters. The fourth-order valence-electron chi connectivity index (χ4n) is 4.39. The summed E-state index contributed by atoms with van der Waals surface area (Å²) in [5.74, 6) is -3.32. The predicted molar refractivity (Wildman–Crippen MR) is 168 cm³/mol. The maximum absolute atomic E-state index is 13.6. The Balaban J connectivity index is 2.21. The average molecular weight is 633 g/mol. The summed E-state index contributed by atoms with van der Waals surface area (Å²) in [4.78, 5) is 54.9. The van der Waals surface area contributed by atoms with Gasteiger partial charge in [-0.15, -0.1) is 0 Å². The number of carbonyl (C=O) groups excluding carboxylic acids is 3. The summed E-state index contributed by atoms with van der Waals surface area (Å²) in [6.07, 6.45) is 3.75. The van der Waals surface area contributed by atoms with E-state index in [0.717, 1.165) is 5.56 Å². The van der Waals surface area contributed by atoms with Crippen LogP contribution in [0.25, 0.3) is 0 Å². The van der Waals surface area contributed by atoms with Crippen molar-refractivity contribution in [3.8, 4) is 0 Å². The van der Waals surface area contributed by atoms with Crippen LogP contribution in [0.1, 0.15) is 43.4 Å². The van der Waals surface area contributed by atoms with Crippen LogP contribution in [-0.2, 0) is 39.1 Å². The number of aryl methyl sites for hydroxylation is 1. The summed E-state index contributed by atoms with van der Waals surface area (Å²) in [5.41, 5.74) is 18.3. The van der Waals surface area contributed by atoms with Crippen LogP contribution in [0.15, 0.2) is 36.5 Å². The van der Waals surface area contributed by atoms with Gasteiger partial charge < -0.3 is 53.1 Å². The Bertz CT molecular complexity index is 1320. The van der Waals surface area contributed by atoms with Crippen molar-refractivity contribution in [3.63, 3.8) is 0 Å². The Labute approximate surface area is 261 Å². The molecular formula is C28H44N10O5S. The van der Waals surface area contributed by atoms with Gasteiger partial charge in [-0.05, 0) is 56.4 Å². The number of nitrogens with zero attached hydrogens (tertiary/aromatic N) is 1. The second kappa shape index (κ2) is 18.4. The molecule has 44 heavy (non-hydrogen) atoms. The molecule has 0 spiro atoms. The standard InChI is InChI=1S/C28H44N10O5S/c1-38-16-18(34-28(38)44)15-21(36-23(39)19(30)10-7-13-33-27(31)32)25(41)35-20(11-5-6-12-29)24(40)37-22(26(42)43)14-17-8-3-2-4-9-17/h2-4,8-9,16,19-22H,5-7,10-15,29-30H2,1H3,(H,34,44)(H,35,41)(H,36,39)(H,37,40)(H,42,43)(H4,31,32,33)/t19-,20+,21+,22+/m1/s1. The maximum atomic E-state index is 13.6. The van der Waals surface area contributed by atoms with Gasteiger partial charge in [-0.1, -0.05) is 30.3 Å². The third-order valence-corrected chi connectivity index (χ3v) is 7.21. The number of nitrogens with one attached hydrogen (secondary N) is 6. The number of hydrogen-bond acceptors (Lipinski definition) is 8. The zero-order chi connectivity index (χ0) is 32.6. The van der Waals surface area contributed by atoms with Crippen LogP contribution in [0.3, 0.4) is 0 Å². The summed E-state index contributed by atoms with van der Waals surface area (Å²) in [6, 6.07) is 4.46. The third kappa shape index (κ3) is 12.5. The van der Waals surface area contributed by atoms with E-state index in [1.807, 2.05) is 0 Å². The van der Waals surface area contributed by atoms with Crippen LogP contribution >= 0.6 is 12.2 Å². The lowest BCUT2D eigenvalue weighted by Crippen LogP contribution is -2.57. The number of amides is 3. The van der Waals surface area contributed by atoms with Crippen molar-refractivity contribution in [3.05, 3.63) is 52.6 Å². The molecule has 0 fully saturated rings. The molecule has 242 valence electrons. The summed E-state index contributed by atoms with van der Waals surface area (Å²) in [6.45, 7) is 0.724. The number of carboxylic acids is 1. The number of benzene rings is 1. The highest BCUT2D eigenvalue weighted by Gasteiger charge is 2.30. The summed E-state index contributed by atoms with van der Waals surface area (Å²) >= 11 is 5.23. The van der Waals surface area contributed by atoms with E-state index < -0.39 is 47.9 Å². The summed E-state index contributed by atoms with van der Waals surface area (Å²) in [7, 11) is 1.73. The van der Waals surface area contributed by atoms with Crippen molar-refractivity contribution in [2.24, 2.45) is 24.2 Å². The second-order valence-corrected chi connectivity index (χ2v) is 10.9. The maximum Gasteiger partial charge on any atom is 0.326 e. The number of imidazole rings is 1. The highest BCUT2D eigenvalue weighted by atomic mass is 32.1. The minimum absolute atomic E-state index is 0.0174. The van der Waals surface area contributed by atoms with Crippen LogP contribution in [-0.4, -0.2) is 81.6 Å². The molecule has 1 heterocycles. The van der Waals surface area contributed by atoms with E-state index in [0.29, 0.717) is 42.8 Å². The van der Waals surface area contributed by atoms with E-state index in [1.165, 1.54) is 0 Å². The average Bonchev–Trinajstić information content (AvgIpc) is 3.30. The zero-order valence-electron chi connectivity index (χ0n) is 24.8. The third-order valence-electron chi connectivity index (χ3n) is 6.82. The molecule has 16 heteroatoms. The molecule has 0 aliphatic heterocycles. The van der Waals surface area contributed by atoms with Gasteiger partial charge in [0.1, 0.15) is 18.1 Å². The van der Waals surface area contributed by atoms with Crippen molar-refractivity contribution in [1.82, 2.24) is 30.8 Å². The molecule has 0 saturated carbocycles. The first-order valence-corrected chi connectivity index (χ1v) is 14.8. The van der Waals surface area contributed by atoms with Crippen LogP contribution < -0.4 is 38.5 Å². The predicted octanol–water partition coefficient (Wildman–Crippen LogP) is -0.874. The summed E-state index contributed by atoms with van der Waals surface area (Å²) in [5, 5.41) is 27.6. The number of unbranched alkanes of at least 4 members (excludes halogenated alkanes) is 1. The van der Waals surface area contributed by atoms with Gasteiger partial charge in [-0.2, -0.15) is 0 Å². The quantitative estimate of drug-likeness (QED) is 0.0396. The number of hydrogen-bond donors (Lipinski definition) is 10. The number of H-pyrrole nitrogens is 1. The molecule has 0 bridgehead atoms. The number of nitrogens with two attached hydrogens (primary N) is 3. The van der Waals surface area contributed by atoms with Gasteiger partial charge in [0.25, 0.3) is 0 Å². The van der Waals surface area contributed by atoms with Crippen LogP contribution in [0.2, 0.25) is 0 Å². The number of aliphatic carboxylic acids is 1. The SMILES string of the molecule is Cn1cc(C[C@H](NC(=O)[C@H](N)CCCNC(=N)N)C(=O)N[C@@H](CCCCN)C(=O)N[C@@H](Cc2ccccc2)C(=O)O)[nH]c1=S. The highest BCUT2D eigenvalue weighted by molar-refractivity contribution is 7.71. The molecule has 3 amide bonds. The van der Waals surface area contributed by atoms with E-state index in [-0.39, 0.29) is 31.6 Å². The largest absolute Gasteiger partial charge is 0.480 e. The first-order valence-electron chi connectivity index (χ1n) is 14.4. The van der Waals surface area contributed by atoms with E-state index in [9.17, 15) is 24.3 Å². The smallest absolute Gasteiger partial charge is 0.326 e. The number of carbonyl (C=O) groups is 4. The molecule has 1 aromatic carbocycles. The molecule has 15 nitrogen and oxygen atoms in total. The van der Waals surface area contributed by atoms with Gasteiger partial charge in [0.15, 0.2) is 10.7 Å². The molecule has 1 aromatic heterocycles. The topological polar surface area (TPSA) is 259 Å². The molecule has 0 radical (unpaired) electrons. The van der Waals surface area contributed by atoms with Gasteiger partial charge in [0.05, 0.1) is 6.04 Å². The van der Waals surface area contributed by atoms with Gasteiger partial charge in [-0.3, -0.25) is 19.8 Å². The van der Waals surface area contributed by atoms with E-state index >= 15 is 0 Å². The molecule has 0 unspecified atom stereocenters. The summed E-state index contributed by atoms with van der Waals surface area (Å²) < 4.78 is 2.06. The van der Waals surface area contributed by atoms with Crippen molar-refractivity contribution in [2.45, 2.75) is 69.1 Å². The first-order chi connectivity index (χ1) is 20.9. The van der Waals surface area contributed by atoms with Gasteiger partial charge >= 0.3 is 5.97 Å². The van der Waals surface area contributed by atoms with E-state index in [1.54, 1.807) is 48.1 Å². The lowest BCUT2D eigenvalue weighted by molar-refractivity contribution is -0.142. The van der Waals surface area contributed by atoms with E-state index in [2.05, 4.69) is 26.3 Å². The zero-order valence-corrected chi connectivity index (χ0v) is 25.6. The van der Waals surface area contributed by atoms with Crippen molar-refractivity contribution in [2.75, 3.05) is 13.1 Å². The van der Waals surface area contributed by atoms with Crippen LogP contribution in [0.5, 0.6) is 0 Å². The van der Waals surface area contributed by atoms with Crippen LogP contribution in [0, 0.1) is 10.2 Å². The van der Waals surface area contributed by atoms with Crippen molar-refractivity contribution in [1.29, 1.82) is 5.41 Å². The number of carboxylic acid groups (broad SMARTS) is 1. The molecule has 0 aliphatic carbocycles. The molecule has 2 aromatic rings. The fourth-order valence-corrected chi connectivity index (χ4v) is 4.58. The van der Waals surface area contributed by atoms with E-state index in [4.69, 9.17) is 34.8 Å². The molecular weight excluding hydrogens is 588 g/mol. The Kier molecular flexibility index (Phi) is 15.0. The van der Waals surface area contributed by atoms with Gasteiger partial charge in [-0.25, -0.2) is 4.79 Å².